The zero-order valence-corrected chi connectivity index (χ0v) is 9.40. The predicted octanol–water partition coefficient (Wildman–Crippen LogP) is -0.849. The van der Waals surface area contributed by atoms with Gasteiger partial charge >= 0.3 is 5.97 Å². The number of hydrogen-bond acceptors (Lipinski definition) is 6. The lowest BCUT2D eigenvalue weighted by Crippen LogP contribution is -2.31. The Balaban J connectivity index is 3.64. The lowest BCUT2D eigenvalue weighted by atomic mass is 10.0. The van der Waals surface area contributed by atoms with Crippen molar-refractivity contribution in [1.29, 1.82) is 0 Å². The monoisotopic (exact) mass is 281 g/mol. The third-order valence-electron chi connectivity index (χ3n) is 1.90. The van der Waals surface area contributed by atoms with E-state index in [1.165, 1.54) is 0 Å². The first-order valence-electron chi connectivity index (χ1n) is 3.91. The minimum absolute atomic E-state index is 0.575. The van der Waals surface area contributed by atoms with E-state index in [0.29, 0.717) is 6.08 Å². The van der Waals surface area contributed by atoms with E-state index >= 15 is 0 Å². The second-order valence-electron chi connectivity index (χ2n) is 2.86. The molecule has 0 aromatic heterocycles. The summed E-state index contributed by atoms with van der Waals surface area (Å²) in [5.41, 5.74) is -1.84. The molecule has 0 amide bonds. The van der Waals surface area contributed by atoms with Crippen LogP contribution < -0.4 is 0 Å². The molecule has 0 fully saturated rings. The number of rotatable bonds is 2. The predicted molar refractivity (Wildman–Crippen MR) is 55.5 cm³/mol. The minimum atomic E-state index is -2.99. The first-order chi connectivity index (χ1) is 7.77. The smallest absolute Gasteiger partial charge is 0.337 e. The Morgan fingerprint density at radius 3 is 2.41 bits per heavy atom. The number of aliphatic hydroxyl groups is 1. The van der Waals surface area contributed by atoms with Crippen LogP contribution in [0.2, 0.25) is 0 Å². The molecule has 0 saturated heterocycles. The van der Waals surface area contributed by atoms with E-state index in [1.54, 1.807) is 0 Å². The molecule has 0 aromatic carbocycles. The molecule has 0 spiro atoms. The van der Waals surface area contributed by atoms with Crippen molar-refractivity contribution < 1.29 is 28.3 Å². The third kappa shape index (κ3) is 2.35. The summed E-state index contributed by atoms with van der Waals surface area (Å²) in [6.45, 7) is 0. The molecule has 1 aliphatic rings. The molecule has 2 N–H and O–H groups in total. The molecular formula is C7H4ClNO7S. The number of hydrogen-bond donors (Lipinski definition) is 2. The van der Waals surface area contributed by atoms with Crippen LogP contribution in [0.1, 0.15) is 0 Å². The summed E-state index contributed by atoms with van der Waals surface area (Å²) in [6, 6.07) is 0. The summed E-state index contributed by atoms with van der Waals surface area (Å²) in [6.07, 6.45) is -1.51. The molecule has 10 heteroatoms. The van der Waals surface area contributed by atoms with Gasteiger partial charge < -0.3 is 10.2 Å². The fraction of sp³-hybridized carbons (Fsp3) is 0.143. The van der Waals surface area contributed by atoms with E-state index in [1.807, 2.05) is 0 Å². The minimum Gasteiger partial charge on any atom is -0.478 e. The van der Waals surface area contributed by atoms with Gasteiger partial charge in [-0.15, -0.1) is 0 Å². The van der Waals surface area contributed by atoms with Gasteiger partial charge in [0.25, 0.3) is 5.70 Å². The number of aliphatic hydroxyl groups excluding tert-OH is 1. The van der Waals surface area contributed by atoms with Gasteiger partial charge in [-0.2, -0.15) is 8.42 Å². The molecule has 0 aliphatic heterocycles. The average Bonchev–Trinajstić information content (AvgIpc) is 2.15. The van der Waals surface area contributed by atoms with E-state index in [9.17, 15) is 28.4 Å². The number of nitro groups is 1. The third-order valence-corrected chi connectivity index (χ3v) is 3.02. The fourth-order valence-corrected chi connectivity index (χ4v) is 1.97. The molecule has 0 aromatic rings. The van der Waals surface area contributed by atoms with Gasteiger partial charge in [0.1, 0.15) is 9.90 Å². The van der Waals surface area contributed by atoms with Crippen molar-refractivity contribution in [3.63, 3.8) is 0 Å². The molecule has 92 valence electrons. The van der Waals surface area contributed by atoms with Crippen LogP contribution in [0.3, 0.4) is 0 Å². The van der Waals surface area contributed by atoms with Crippen molar-refractivity contribution >= 4 is 32.7 Å². The van der Waals surface area contributed by atoms with Crippen molar-refractivity contribution in [3.05, 3.63) is 32.5 Å². The molecule has 1 rings (SSSR count). The second kappa shape index (κ2) is 4.65. The summed E-state index contributed by atoms with van der Waals surface area (Å²) in [7, 11) is -2.99. The Labute approximate surface area is 100 Å². The number of nitrogens with zero attached hydrogens (tertiary/aromatic N) is 1. The zero-order chi connectivity index (χ0) is 13.3. The first-order valence-corrected chi connectivity index (χ1v) is 5.36. The maximum absolute atomic E-state index is 10.7. The number of halogens is 1. The highest BCUT2D eigenvalue weighted by molar-refractivity contribution is 7.73. The molecule has 1 aliphatic carbocycles. The highest BCUT2D eigenvalue weighted by Crippen LogP contribution is 2.27. The van der Waals surface area contributed by atoms with Crippen LogP contribution in [-0.2, 0) is 15.1 Å². The van der Waals surface area contributed by atoms with Crippen LogP contribution >= 0.6 is 11.6 Å². The largest absolute Gasteiger partial charge is 0.478 e. The average molecular weight is 282 g/mol. The number of carbonyl (C=O) groups is 1. The van der Waals surface area contributed by atoms with Crippen molar-refractivity contribution in [3.8, 4) is 0 Å². The molecule has 0 bridgehead atoms. The Morgan fingerprint density at radius 1 is 1.53 bits per heavy atom. The molecule has 17 heavy (non-hydrogen) atoms. The number of carboxylic acids is 1. The Kier molecular flexibility index (Phi) is 3.66. The molecule has 0 saturated carbocycles. The van der Waals surface area contributed by atoms with E-state index in [4.69, 9.17) is 16.7 Å². The summed E-state index contributed by atoms with van der Waals surface area (Å²) >= 11 is 5.42. The van der Waals surface area contributed by atoms with Gasteiger partial charge in [-0.25, -0.2) is 4.79 Å². The molecule has 1 unspecified atom stereocenters. The standard InChI is InChI=1S/C7H4ClNO7S/c8-4-2(7(11)12)1-3(17(15)16)6(10)5(4)9(13)14/h1,6,10H,(H,11,12). The Morgan fingerprint density at radius 2 is 2.06 bits per heavy atom. The van der Waals surface area contributed by atoms with Crippen LogP contribution in [0.4, 0.5) is 0 Å². The van der Waals surface area contributed by atoms with Gasteiger partial charge in [0.15, 0.2) is 6.10 Å². The molecule has 1 atom stereocenters. The summed E-state index contributed by atoms with van der Waals surface area (Å²) in [5.74, 6) is -1.63. The summed E-state index contributed by atoms with van der Waals surface area (Å²) in [5, 5.41) is 27.9. The second-order valence-corrected chi connectivity index (χ2v) is 4.18. The van der Waals surface area contributed by atoms with Gasteiger partial charge in [0.05, 0.1) is 10.5 Å². The van der Waals surface area contributed by atoms with Crippen LogP contribution in [0.25, 0.3) is 0 Å². The van der Waals surface area contributed by atoms with Crippen molar-refractivity contribution in [1.82, 2.24) is 0 Å². The van der Waals surface area contributed by atoms with Crippen LogP contribution in [-0.4, -0.2) is 40.5 Å². The summed E-state index contributed by atoms with van der Waals surface area (Å²) in [4.78, 5) is 19.3. The molecule has 8 nitrogen and oxygen atoms in total. The van der Waals surface area contributed by atoms with Crippen molar-refractivity contribution in [2.75, 3.05) is 0 Å². The molecule has 0 heterocycles. The van der Waals surface area contributed by atoms with E-state index in [2.05, 4.69) is 0 Å². The number of carboxylic acid groups (broad SMARTS) is 1. The number of aliphatic carboxylic acids is 1. The lowest BCUT2D eigenvalue weighted by Gasteiger charge is -2.14. The fourth-order valence-electron chi connectivity index (χ4n) is 1.15. The van der Waals surface area contributed by atoms with Gasteiger partial charge in [0, 0.05) is 0 Å². The van der Waals surface area contributed by atoms with Gasteiger partial charge in [-0.1, -0.05) is 11.6 Å². The lowest BCUT2D eigenvalue weighted by molar-refractivity contribution is -0.433. The Hall–Kier alpha value is -1.71. The molecule has 0 radical (unpaired) electrons. The van der Waals surface area contributed by atoms with E-state index in [0.717, 1.165) is 0 Å². The van der Waals surface area contributed by atoms with Crippen molar-refractivity contribution in [2.24, 2.45) is 0 Å². The van der Waals surface area contributed by atoms with Gasteiger partial charge in [0.2, 0.25) is 10.3 Å². The van der Waals surface area contributed by atoms with Gasteiger partial charge in [-0.3, -0.25) is 10.1 Å². The highest BCUT2D eigenvalue weighted by atomic mass is 35.5. The van der Waals surface area contributed by atoms with Gasteiger partial charge in [-0.05, 0) is 6.08 Å². The maximum atomic E-state index is 10.7. The van der Waals surface area contributed by atoms with Crippen LogP contribution in [0.5, 0.6) is 0 Å². The molecular weight excluding hydrogens is 278 g/mol. The summed E-state index contributed by atoms with van der Waals surface area (Å²) < 4.78 is 21.4. The van der Waals surface area contributed by atoms with Crippen LogP contribution in [0.15, 0.2) is 22.4 Å². The zero-order valence-electron chi connectivity index (χ0n) is 7.82. The van der Waals surface area contributed by atoms with Crippen LogP contribution in [0, 0.1) is 10.1 Å². The Bertz CT molecular complexity index is 592. The normalized spacial score (nSPS) is 20.0. The van der Waals surface area contributed by atoms with E-state index < -0.39 is 48.5 Å². The van der Waals surface area contributed by atoms with E-state index in [-0.39, 0.29) is 0 Å². The highest BCUT2D eigenvalue weighted by Gasteiger charge is 2.38. The maximum Gasteiger partial charge on any atom is 0.337 e. The quantitative estimate of drug-likeness (QED) is 0.382. The SMILES string of the molecule is O=C(O)C1=CC(=S(=O)=O)C(O)C([N+](=O)[O-])=C1Cl. The van der Waals surface area contributed by atoms with Crippen molar-refractivity contribution in [2.45, 2.75) is 6.10 Å². The topological polar surface area (TPSA) is 135 Å². The first kappa shape index (κ1) is 13.4.